The number of carbonyl (C=O) groups is 1. The number of benzene rings is 1. The van der Waals surface area contributed by atoms with Crippen LogP contribution in [0, 0.1) is 0 Å². The molecule has 1 saturated carbocycles. The molecule has 1 atom stereocenters. The first-order valence-corrected chi connectivity index (χ1v) is 14.7. The molecule has 1 saturated heterocycles. The van der Waals surface area contributed by atoms with Gasteiger partial charge in [-0.1, -0.05) is 35.4 Å². The highest BCUT2D eigenvalue weighted by atomic mass is 35.5. The van der Waals surface area contributed by atoms with Crippen molar-refractivity contribution in [2.24, 2.45) is 0 Å². The molecule has 3 aromatic rings. The van der Waals surface area contributed by atoms with Crippen LogP contribution in [0.3, 0.4) is 0 Å². The Morgan fingerprint density at radius 2 is 2.08 bits per heavy atom. The second kappa shape index (κ2) is 10.6. The largest absolute Gasteiger partial charge is 0.493 e. The van der Waals surface area contributed by atoms with Gasteiger partial charge in [0.2, 0.25) is 11.5 Å². The third-order valence-electron chi connectivity index (χ3n) is 7.75. The Balaban J connectivity index is 1.32. The summed E-state index contributed by atoms with van der Waals surface area (Å²) in [7, 11) is 1.57. The van der Waals surface area contributed by atoms with E-state index in [1.807, 2.05) is 36.9 Å². The van der Waals surface area contributed by atoms with Crippen molar-refractivity contribution < 1.29 is 19.0 Å². The van der Waals surface area contributed by atoms with Gasteiger partial charge in [0.1, 0.15) is 9.34 Å². The Morgan fingerprint density at radius 1 is 1.23 bits per heavy atom. The van der Waals surface area contributed by atoms with E-state index in [-0.39, 0.29) is 5.91 Å². The minimum atomic E-state index is -0.833. The molecule has 1 amide bonds. The Kier molecular flexibility index (Phi) is 7.16. The average Bonchev–Trinajstić information content (AvgIpc) is 3.58. The highest BCUT2D eigenvalue weighted by Crippen LogP contribution is 2.47. The van der Waals surface area contributed by atoms with Crippen molar-refractivity contribution in [2.75, 3.05) is 20.2 Å². The van der Waals surface area contributed by atoms with Crippen LogP contribution in [0.5, 0.6) is 17.2 Å². The third kappa shape index (κ3) is 5.32. The summed E-state index contributed by atoms with van der Waals surface area (Å²) in [5.41, 5.74) is 1.93. The quantitative estimate of drug-likeness (QED) is 0.328. The molecule has 0 radical (unpaired) electrons. The van der Waals surface area contributed by atoms with E-state index >= 15 is 0 Å². The monoisotopic (exact) mass is 568 g/mol. The van der Waals surface area contributed by atoms with E-state index < -0.39 is 5.79 Å². The van der Waals surface area contributed by atoms with Crippen LogP contribution in [0.2, 0.25) is 4.34 Å². The normalized spacial score (nSPS) is 20.2. The lowest BCUT2D eigenvalue weighted by molar-refractivity contribution is -0.0439. The maximum absolute atomic E-state index is 14.2. The Labute approximate surface area is 237 Å². The van der Waals surface area contributed by atoms with E-state index in [4.69, 9.17) is 30.8 Å². The van der Waals surface area contributed by atoms with Crippen LogP contribution in [-0.2, 0) is 6.54 Å². The summed E-state index contributed by atoms with van der Waals surface area (Å²) in [4.78, 5) is 27.9. The predicted octanol–water partition coefficient (Wildman–Crippen LogP) is 6.03. The molecule has 4 heterocycles. The third-order valence-corrected chi connectivity index (χ3v) is 9.11. The Bertz CT molecular complexity index is 1360. The standard InChI is InChI=1S/C29H33ClN4O4S/c1-29(2)37-24-15-18(14-23(36-3)25(24)38-29)28(35)33(16-20-10-7-13-34(20)19-8-6-9-19)17-22-26(30)39-27(32-22)21-11-4-5-12-31-21/h4-5,11-12,14-15,19-20H,6-10,13,16-17H2,1-3H3/t20-/m0/s1. The molecule has 2 aliphatic heterocycles. The summed E-state index contributed by atoms with van der Waals surface area (Å²) in [5, 5.41) is 0.743. The summed E-state index contributed by atoms with van der Waals surface area (Å²) in [6.45, 7) is 5.66. The number of halogens is 1. The van der Waals surface area contributed by atoms with Crippen molar-refractivity contribution in [3.63, 3.8) is 0 Å². The number of hydrogen-bond acceptors (Lipinski definition) is 8. The number of hydrogen-bond donors (Lipinski definition) is 0. The highest BCUT2D eigenvalue weighted by molar-refractivity contribution is 7.19. The molecule has 6 rings (SSSR count). The lowest BCUT2D eigenvalue weighted by atomic mass is 9.91. The van der Waals surface area contributed by atoms with Crippen molar-refractivity contribution in [2.45, 2.75) is 70.4 Å². The molecule has 39 heavy (non-hydrogen) atoms. The Morgan fingerprint density at radius 3 is 2.79 bits per heavy atom. The average molecular weight is 569 g/mol. The lowest BCUT2D eigenvalue weighted by Gasteiger charge is -2.40. The van der Waals surface area contributed by atoms with E-state index in [0.29, 0.717) is 58.0 Å². The molecule has 0 bridgehead atoms. The lowest BCUT2D eigenvalue weighted by Crippen LogP contribution is -2.48. The van der Waals surface area contributed by atoms with Crippen LogP contribution in [0.25, 0.3) is 10.7 Å². The number of aromatic nitrogens is 2. The van der Waals surface area contributed by atoms with Gasteiger partial charge in [0, 0.05) is 44.2 Å². The first-order chi connectivity index (χ1) is 18.8. The van der Waals surface area contributed by atoms with Crippen molar-refractivity contribution in [3.8, 4) is 28.0 Å². The summed E-state index contributed by atoms with van der Waals surface area (Å²) < 4.78 is 18.1. The number of thiazole rings is 1. The second-order valence-electron chi connectivity index (χ2n) is 10.9. The van der Waals surface area contributed by atoms with Gasteiger partial charge in [-0.25, -0.2) is 4.98 Å². The highest BCUT2D eigenvalue weighted by Gasteiger charge is 2.38. The first-order valence-electron chi connectivity index (χ1n) is 13.5. The number of amides is 1. The molecular weight excluding hydrogens is 536 g/mol. The minimum absolute atomic E-state index is 0.117. The van der Waals surface area contributed by atoms with Crippen LogP contribution < -0.4 is 14.2 Å². The zero-order valence-corrected chi connectivity index (χ0v) is 24.1. The zero-order chi connectivity index (χ0) is 27.1. The number of carbonyl (C=O) groups excluding carboxylic acids is 1. The fourth-order valence-electron chi connectivity index (χ4n) is 5.68. The SMILES string of the molecule is COc1cc(C(=O)N(Cc2nc(-c3ccccn3)sc2Cl)C[C@@H]2CCCN2C2CCC2)cc2c1OC(C)(C)O2. The van der Waals surface area contributed by atoms with E-state index in [1.165, 1.54) is 30.6 Å². The molecule has 10 heteroatoms. The van der Waals surface area contributed by atoms with Crippen LogP contribution in [0.1, 0.15) is 62.0 Å². The van der Waals surface area contributed by atoms with Gasteiger partial charge in [-0.05, 0) is 56.5 Å². The van der Waals surface area contributed by atoms with Crippen molar-refractivity contribution in [3.05, 3.63) is 52.1 Å². The van der Waals surface area contributed by atoms with Crippen molar-refractivity contribution in [1.82, 2.24) is 19.8 Å². The molecule has 0 N–H and O–H groups in total. The molecule has 2 aromatic heterocycles. The number of rotatable bonds is 8. The molecule has 206 valence electrons. The van der Waals surface area contributed by atoms with E-state index in [1.54, 1.807) is 25.4 Å². The summed E-state index contributed by atoms with van der Waals surface area (Å²) in [5.74, 6) is 0.541. The summed E-state index contributed by atoms with van der Waals surface area (Å²) in [6, 6.07) is 10.1. The first kappa shape index (κ1) is 26.3. The maximum Gasteiger partial charge on any atom is 0.254 e. The number of methoxy groups -OCH3 is 1. The van der Waals surface area contributed by atoms with Gasteiger partial charge in [-0.15, -0.1) is 0 Å². The number of ether oxygens (including phenoxy) is 3. The smallest absolute Gasteiger partial charge is 0.254 e. The molecule has 1 aromatic carbocycles. The molecular formula is C29H33ClN4O4S. The predicted molar refractivity (Wildman–Crippen MR) is 151 cm³/mol. The van der Waals surface area contributed by atoms with E-state index in [9.17, 15) is 4.79 Å². The van der Waals surface area contributed by atoms with Gasteiger partial charge in [-0.2, -0.15) is 0 Å². The van der Waals surface area contributed by atoms with Gasteiger partial charge in [0.15, 0.2) is 11.5 Å². The number of likely N-dealkylation sites (tertiary alicyclic amines) is 1. The zero-order valence-electron chi connectivity index (χ0n) is 22.5. The Hall–Kier alpha value is -2.88. The molecule has 2 fully saturated rings. The molecule has 1 aliphatic carbocycles. The van der Waals surface area contributed by atoms with Gasteiger partial charge in [0.25, 0.3) is 5.91 Å². The fraction of sp³-hybridized carbons (Fsp3) is 0.483. The number of nitrogens with zero attached hydrogens (tertiary/aromatic N) is 4. The number of fused-ring (bicyclic) bond motifs is 1. The van der Waals surface area contributed by atoms with Crippen LogP contribution in [0.15, 0.2) is 36.5 Å². The molecule has 0 spiro atoms. The second-order valence-corrected chi connectivity index (χ2v) is 12.5. The minimum Gasteiger partial charge on any atom is -0.493 e. The van der Waals surface area contributed by atoms with Crippen LogP contribution in [0.4, 0.5) is 0 Å². The molecule has 8 nitrogen and oxygen atoms in total. The van der Waals surface area contributed by atoms with Crippen molar-refractivity contribution >= 4 is 28.8 Å². The molecule has 0 unspecified atom stereocenters. The number of pyridine rings is 1. The summed E-state index contributed by atoms with van der Waals surface area (Å²) in [6.07, 6.45) is 7.73. The van der Waals surface area contributed by atoms with E-state index in [2.05, 4.69) is 9.88 Å². The van der Waals surface area contributed by atoms with Gasteiger partial charge < -0.3 is 19.1 Å². The topological polar surface area (TPSA) is 77.0 Å². The van der Waals surface area contributed by atoms with Crippen LogP contribution in [-0.4, -0.2) is 63.7 Å². The van der Waals surface area contributed by atoms with Gasteiger partial charge in [-0.3, -0.25) is 14.7 Å². The van der Waals surface area contributed by atoms with Gasteiger partial charge in [0.05, 0.1) is 25.0 Å². The van der Waals surface area contributed by atoms with E-state index in [0.717, 1.165) is 30.1 Å². The fourth-order valence-corrected chi connectivity index (χ4v) is 6.78. The van der Waals surface area contributed by atoms with Crippen LogP contribution >= 0.6 is 22.9 Å². The summed E-state index contributed by atoms with van der Waals surface area (Å²) >= 11 is 8.08. The van der Waals surface area contributed by atoms with Crippen molar-refractivity contribution in [1.29, 1.82) is 0 Å². The molecule has 3 aliphatic rings. The van der Waals surface area contributed by atoms with Gasteiger partial charge >= 0.3 is 0 Å². The maximum atomic E-state index is 14.2.